The minimum absolute atomic E-state index is 0.0124. The van der Waals surface area contributed by atoms with Gasteiger partial charge in [-0.15, -0.1) is 0 Å². The first kappa shape index (κ1) is 19.2. The SMILES string of the molecule is CC(NC(=O)c1ccc(NC(=O)C2CC23CCCc2ccccc23)cc1)C(=O)O. The third-order valence-electron chi connectivity index (χ3n) is 6.15. The zero-order chi connectivity index (χ0) is 20.6. The third kappa shape index (κ3) is 3.62. The Balaban J connectivity index is 1.40. The Morgan fingerprint density at radius 3 is 2.55 bits per heavy atom. The highest BCUT2D eigenvalue weighted by atomic mass is 16.4. The van der Waals surface area contributed by atoms with Crippen LogP contribution >= 0.6 is 0 Å². The lowest BCUT2D eigenvalue weighted by Gasteiger charge is -2.26. The van der Waals surface area contributed by atoms with E-state index in [1.807, 2.05) is 6.07 Å². The second kappa shape index (κ2) is 7.35. The summed E-state index contributed by atoms with van der Waals surface area (Å²) in [6.45, 7) is 1.41. The van der Waals surface area contributed by atoms with Gasteiger partial charge in [0.05, 0.1) is 0 Å². The average Bonchev–Trinajstić information content (AvgIpc) is 3.43. The van der Waals surface area contributed by atoms with Crippen molar-refractivity contribution < 1.29 is 19.5 Å². The van der Waals surface area contributed by atoms with Crippen LogP contribution in [-0.2, 0) is 21.4 Å². The lowest BCUT2D eigenvalue weighted by Crippen LogP contribution is -2.38. The lowest BCUT2D eigenvalue weighted by molar-refractivity contribution is -0.138. The Hall–Kier alpha value is -3.15. The maximum atomic E-state index is 12.8. The molecule has 29 heavy (non-hydrogen) atoms. The number of hydrogen-bond donors (Lipinski definition) is 3. The fourth-order valence-corrected chi connectivity index (χ4v) is 4.45. The molecular formula is C23H24N2O4. The summed E-state index contributed by atoms with van der Waals surface area (Å²) in [6.07, 6.45) is 4.11. The first-order chi connectivity index (χ1) is 13.9. The summed E-state index contributed by atoms with van der Waals surface area (Å²) in [6, 6.07) is 14.0. The molecule has 1 spiro atoms. The minimum atomic E-state index is -1.09. The summed E-state index contributed by atoms with van der Waals surface area (Å²) < 4.78 is 0. The lowest BCUT2D eigenvalue weighted by atomic mass is 9.78. The van der Waals surface area contributed by atoms with Gasteiger partial charge < -0.3 is 15.7 Å². The van der Waals surface area contributed by atoms with Crippen molar-refractivity contribution in [2.75, 3.05) is 5.32 Å². The largest absolute Gasteiger partial charge is 0.480 e. The van der Waals surface area contributed by atoms with Crippen molar-refractivity contribution in [3.63, 3.8) is 0 Å². The number of carbonyl (C=O) groups is 3. The number of rotatable bonds is 5. The van der Waals surface area contributed by atoms with E-state index in [0.717, 1.165) is 25.7 Å². The molecule has 2 aliphatic rings. The molecule has 6 nitrogen and oxygen atoms in total. The van der Waals surface area contributed by atoms with Crippen LogP contribution in [0.5, 0.6) is 0 Å². The molecule has 3 atom stereocenters. The van der Waals surface area contributed by atoms with E-state index < -0.39 is 17.9 Å². The molecule has 0 saturated heterocycles. The maximum Gasteiger partial charge on any atom is 0.325 e. The highest BCUT2D eigenvalue weighted by Crippen LogP contribution is 2.60. The van der Waals surface area contributed by atoms with E-state index in [4.69, 9.17) is 5.11 Å². The quantitative estimate of drug-likeness (QED) is 0.729. The Labute approximate surface area is 169 Å². The van der Waals surface area contributed by atoms with E-state index >= 15 is 0 Å². The maximum absolute atomic E-state index is 12.8. The van der Waals surface area contributed by atoms with Crippen molar-refractivity contribution in [2.45, 2.75) is 44.1 Å². The molecule has 3 N–H and O–H groups in total. The normalized spacial score (nSPS) is 23.0. The Morgan fingerprint density at radius 1 is 1.10 bits per heavy atom. The standard InChI is InChI=1S/C23H24N2O4/c1-14(22(28)29)24-20(26)16-8-10-17(11-9-16)25-21(27)19-13-23(19)12-4-6-15-5-2-3-7-18(15)23/h2-3,5,7-11,14,19H,4,6,12-13H2,1H3,(H,24,26)(H,25,27)(H,28,29). The number of benzene rings is 2. The molecule has 2 aromatic rings. The van der Waals surface area contributed by atoms with E-state index in [2.05, 4.69) is 28.8 Å². The van der Waals surface area contributed by atoms with Crippen LogP contribution < -0.4 is 10.6 Å². The van der Waals surface area contributed by atoms with Crippen molar-refractivity contribution >= 4 is 23.5 Å². The number of fused-ring (bicyclic) bond motifs is 2. The fraction of sp³-hybridized carbons (Fsp3) is 0.348. The summed E-state index contributed by atoms with van der Waals surface area (Å²) in [5.74, 6) is -1.57. The van der Waals surface area contributed by atoms with Crippen LogP contribution in [0, 0.1) is 5.92 Å². The van der Waals surface area contributed by atoms with Crippen LogP contribution in [0.4, 0.5) is 5.69 Å². The van der Waals surface area contributed by atoms with Gasteiger partial charge in [0.25, 0.3) is 5.91 Å². The fourth-order valence-electron chi connectivity index (χ4n) is 4.45. The topological polar surface area (TPSA) is 95.5 Å². The summed E-state index contributed by atoms with van der Waals surface area (Å²) >= 11 is 0. The van der Waals surface area contributed by atoms with Crippen molar-refractivity contribution in [2.24, 2.45) is 5.92 Å². The van der Waals surface area contributed by atoms with Gasteiger partial charge in [-0.05, 0) is 68.0 Å². The van der Waals surface area contributed by atoms with Crippen LogP contribution in [0.15, 0.2) is 48.5 Å². The van der Waals surface area contributed by atoms with Gasteiger partial charge in [-0.25, -0.2) is 0 Å². The Morgan fingerprint density at radius 2 is 1.83 bits per heavy atom. The number of carboxylic acid groups (broad SMARTS) is 1. The molecule has 6 heteroatoms. The smallest absolute Gasteiger partial charge is 0.325 e. The molecule has 4 rings (SSSR count). The average molecular weight is 392 g/mol. The molecule has 1 saturated carbocycles. The molecule has 150 valence electrons. The van der Waals surface area contributed by atoms with E-state index in [1.165, 1.54) is 18.1 Å². The minimum Gasteiger partial charge on any atom is -0.480 e. The number of carbonyl (C=O) groups excluding carboxylic acids is 2. The van der Waals surface area contributed by atoms with E-state index in [9.17, 15) is 14.4 Å². The van der Waals surface area contributed by atoms with Crippen molar-refractivity contribution in [3.8, 4) is 0 Å². The van der Waals surface area contributed by atoms with E-state index in [-0.39, 0.29) is 17.2 Å². The van der Waals surface area contributed by atoms with E-state index in [1.54, 1.807) is 24.3 Å². The summed E-state index contributed by atoms with van der Waals surface area (Å²) in [5, 5.41) is 14.3. The molecule has 2 amide bonds. The van der Waals surface area contributed by atoms with E-state index in [0.29, 0.717) is 11.3 Å². The van der Waals surface area contributed by atoms with Crippen LogP contribution in [0.3, 0.4) is 0 Å². The summed E-state index contributed by atoms with van der Waals surface area (Å²) in [4.78, 5) is 35.8. The molecule has 0 bridgehead atoms. The number of carboxylic acids is 1. The van der Waals surface area contributed by atoms with Crippen LogP contribution in [0.2, 0.25) is 0 Å². The number of aliphatic carboxylic acids is 1. The molecule has 2 aromatic carbocycles. The van der Waals surface area contributed by atoms with Gasteiger partial charge in [0, 0.05) is 22.6 Å². The molecule has 0 aliphatic heterocycles. The predicted octanol–water partition coefficient (Wildman–Crippen LogP) is 3.12. The van der Waals surface area contributed by atoms with Gasteiger partial charge in [-0.3, -0.25) is 14.4 Å². The Kier molecular flexibility index (Phi) is 4.86. The predicted molar refractivity (Wildman–Crippen MR) is 109 cm³/mol. The summed E-state index contributed by atoms with van der Waals surface area (Å²) in [5.41, 5.74) is 3.64. The van der Waals surface area contributed by atoms with Gasteiger partial charge in [-0.1, -0.05) is 24.3 Å². The first-order valence-corrected chi connectivity index (χ1v) is 9.94. The zero-order valence-electron chi connectivity index (χ0n) is 16.3. The van der Waals surface area contributed by atoms with Crippen molar-refractivity contribution in [3.05, 3.63) is 65.2 Å². The molecule has 0 aromatic heterocycles. The van der Waals surface area contributed by atoms with Crippen molar-refractivity contribution in [1.82, 2.24) is 5.32 Å². The molecular weight excluding hydrogens is 368 g/mol. The van der Waals surface area contributed by atoms with Gasteiger partial charge >= 0.3 is 5.97 Å². The second-order valence-electron chi connectivity index (χ2n) is 8.02. The number of hydrogen-bond acceptors (Lipinski definition) is 3. The number of amides is 2. The summed E-state index contributed by atoms with van der Waals surface area (Å²) in [7, 11) is 0. The second-order valence-corrected chi connectivity index (χ2v) is 8.02. The molecule has 0 radical (unpaired) electrons. The number of nitrogens with one attached hydrogen (secondary N) is 2. The van der Waals surface area contributed by atoms with Gasteiger partial charge in [0.15, 0.2) is 0 Å². The monoisotopic (exact) mass is 392 g/mol. The highest BCUT2D eigenvalue weighted by Gasteiger charge is 2.60. The molecule has 2 aliphatic carbocycles. The molecule has 0 heterocycles. The van der Waals surface area contributed by atoms with Gasteiger partial charge in [-0.2, -0.15) is 0 Å². The van der Waals surface area contributed by atoms with Crippen molar-refractivity contribution in [1.29, 1.82) is 0 Å². The highest BCUT2D eigenvalue weighted by molar-refractivity contribution is 5.99. The number of aryl methyl sites for hydroxylation is 1. The zero-order valence-corrected chi connectivity index (χ0v) is 16.3. The third-order valence-corrected chi connectivity index (χ3v) is 6.15. The van der Waals surface area contributed by atoms with Gasteiger partial charge in [0.1, 0.15) is 6.04 Å². The molecule has 1 fully saturated rings. The van der Waals surface area contributed by atoms with Crippen LogP contribution in [0.1, 0.15) is 47.7 Å². The van der Waals surface area contributed by atoms with Crippen LogP contribution in [0.25, 0.3) is 0 Å². The number of anilines is 1. The van der Waals surface area contributed by atoms with Gasteiger partial charge in [0.2, 0.25) is 5.91 Å². The molecule has 3 unspecified atom stereocenters. The first-order valence-electron chi connectivity index (χ1n) is 9.94. The van der Waals surface area contributed by atoms with Crippen LogP contribution in [-0.4, -0.2) is 28.9 Å². The Bertz CT molecular complexity index is 969.